The van der Waals surface area contributed by atoms with Crippen LogP contribution in [0.15, 0.2) is 71.7 Å². The Morgan fingerprint density at radius 2 is 1.91 bits per heavy atom. The predicted octanol–water partition coefficient (Wildman–Crippen LogP) is 5.02. The van der Waals surface area contributed by atoms with Crippen LogP contribution in [0, 0.1) is 0 Å². The summed E-state index contributed by atoms with van der Waals surface area (Å²) in [6.07, 6.45) is 5.66. The van der Waals surface area contributed by atoms with Crippen molar-refractivity contribution in [3.05, 3.63) is 73.0 Å². The number of fused-ring (bicyclic) bond motifs is 2. The molecule has 0 saturated carbocycles. The van der Waals surface area contributed by atoms with Crippen molar-refractivity contribution >= 4 is 21.8 Å². The number of hydrogen-bond acceptors (Lipinski definition) is 5. The third-order valence-electron chi connectivity index (χ3n) is 6.54. The van der Waals surface area contributed by atoms with E-state index in [0.717, 1.165) is 77.3 Å². The van der Waals surface area contributed by atoms with E-state index in [1.54, 1.807) is 0 Å². The van der Waals surface area contributed by atoms with Gasteiger partial charge < -0.3 is 14.3 Å². The second kappa shape index (κ2) is 7.94. The molecule has 6 rings (SSSR count). The summed E-state index contributed by atoms with van der Waals surface area (Å²) in [7, 11) is 0. The van der Waals surface area contributed by atoms with Crippen molar-refractivity contribution in [1.82, 2.24) is 30.0 Å². The molecule has 1 aliphatic rings. The molecule has 0 bridgehead atoms. The molecule has 2 N–H and O–H groups in total. The first-order valence-electron chi connectivity index (χ1n) is 11.3. The number of aromatic nitrogens is 4. The molecule has 2 aromatic carbocycles. The van der Waals surface area contributed by atoms with Gasteiger partial charge in [-0.2, -0.15) is 5.10 Å². The van der Waals surface area contributed by atoms with Crippen molar-refractivity contribution < 1.29 is 4.42 Å². The number of rotatable bonds is 5. The molecule has 0 spiro atoms. The van der Waals surface area contributed by atoms with E-state index in [4.69, 9.17) is 4.42 Å². The van der Waals surface area contributed by atoms with Gasteiger partial charge in [-0.3, -0.25) is 10.00 Å². The van der Waals surface area contributed by atoms with E-state index < -0.39 is 0 Å². The van der Waals surface area contributed by atoms with Crippen molar-refractivity contribution in [3.8, 4) is 22.6 Å². The van der Waals surface area contributed by atoms with Crippen molar-refractivity contribution in [1.29, 1.82) is 0 Å². The summed E-state index contributed by atoms with van der Waals surface area (Å²) < 4.78 is 6.26. The highest BCUT2D eigenvalue weighted by atomic mass is 16.4. The van der Waals surface area contributed by atoms with Gasteiger partial charge in [-0.05, 0) is 42.3 Å². The summed E-state index contributed by atoms with van der Waals surface area (Å²) in [4.78, 5) is 12.7. The minimum absolute atomic E-state index is 0.625. The van der Waals surface area contributed by atoms with E-state index >= 15 is 0 Å². The monoisotopic (exact) mass is 438 g/mol. The first-order chi connectivity index (χ1) is 16.2. The molecule has 1 aliphatic heterocycles. The molecule has 3 aromatic heterocycles. The molecule has 1 fully saturated rings. The van der Waals surface area contributed by atoms with Gasteiger partial charge >= 0.3 is 0 Å². The molecule has 33 heavy (non-hydrogen) atoms. The zero-order chi connectivity index (χ0) is 22.4. The fourth-order valence-electron chi connectivity index (χ4n) is 4.73. The lowest BCUT2D eigenvalue weighted by molar-refractivity contribution is 0.145. The van der Waals surface area contributed by atoms with Crippen LogP contribution in [0.25, 0.3) is 44.4 Å². The van der Waals surface area contributed by atoms with E-state index in [0.29, 0.717) is 5.89 Å². The average Bonchev–Trinajstić information content (AvgIpc) is 3.59. The van der Waals surface area contributed by atoms with Gasteiger partial charge in [0.15, 0.2) is 0 Å². The van der Waals surface area contributed by atoms with Gasteiger partial charge in [0.2, 0.25) is 5.89 Å². The number of piperazine rings is 1. The Kier molecular flexibility index (Phi) is 4.77. The Bertz CT molecular complexity index is 1450. The van der Waals surface area contributed by atoms with Gasteiger partial charge in [0.25, 0.3) is 0 Å². The Balaban J connectivity index is 1.32. The summed E-state index contributed by atoms with van der Waals surface area (Å²) in [5, 5.41) is 9.58. The van der Waals surface area contributed by atoms with Crippen LogP contribution in [0.1, 0.15) is 12.7 Å². The lowest BCUT2D eigenvalue weighted by Crippen LogP contribution is -2.44. The molecule has 7 heteroatoms. The quantitative estimate of drug-likeness (QED) is 0.403. The minimum Gasteiger partial charge on any atom is -0.440 e. The number of nitrogens with zero attached hydrogens (tertiary/aromatic N) is 4. The van der Waals surface area contributed by atoms with Crippen molar-refractivity contribution in [3.63, 3.8) is 0 Å². The molecular weight excluding hydrogens is 412 g/mol. The van der Waals surface area contributed by atoms with Crippen LogP contribution in [-0.4, -0.2) is 56.1 Å². The molecule has 7 nitrogen and oxygen atoms in total. The van der Waals surface area contributed by atoms with Crippen LogP contribution in [0.5, 0.6) is 0 Å². The number of hydrogen-bond donors (Lipinski definition) is 2. The minimum atomic E-state index is 0.625. The predicted molar refractivity (Wildman–Crippen MR) is 131 cm³/mol. The van der Waals surface area contributed by atoms with Gasteiger partial charge in [0.05, 0.1) is 24.5 Å². The molecule has 4 heterocycles. The van der Waals surface area contributed by atoms with Gasteiger partial charge in [0.1, 0.15) is 5.76 Å². The summed E-state index contributed by atoms with van der Waals surface area (Å²) in [5.74, 6) is 1.50. The highest BCUT2D eigenvalue weighted by Gasteiger charge is 2.19. The maximum absolute atomic E-state index is 6.26. The molecule has 0 unspecified atom stereocenters. The zero-order valence-corrected chi connectivity index (χ0v) is 18.6. The summed E-state index contributed by atoms with van der Waals surface area (Å²) in [5.41, 5.74) is 6.42. The van der Waals surface area contributed by atoms with Crippen LogP contribution in [0.3, 0.4) is 0 Å². The Hall–Kier alpha value is -3.84. The van der Waals surface area contributed by atoms with E-state index in [9.17, 15) is 0 Å². The van der Waals surface area contributed by atoms with Crippen LogP contribution in [0.2, 0.25) is 0 Å². The van der Waals surface area contributed by atoms with Crippen LogP contribution in [-0.2, 0) is 6.54 Å². The summed E-state index contributed by atoms with van der Waals surface area (Å²) in [6, 6.07) is 12.7. The number of allylic oxidation sites excluding steroid dienone is 1. The normalized spacial score (nSPS) is 15.0. The summed E-state index contributed by atoms with van der Waals surface area (Å²) in [6.45, 7) is 10.9. The van der Waals surface area contributed by atoms with Crippen molar-refractivity contribution in [2.75, 3.05) is 26.2 Å². The van der Waals surface area contributed by atoms with Crippen LogP contribution < -0.4 is 0 Å². The molecule has 0 aliphatic carbocycles. The third kappa shape index (κ3) is 3.60. The van der Waals surface area contributed by atoms with E-state index in [2.05, 4.69) is 79.9 Å². The Morgan fingerprint density at radius 3 is 2.76 bits per heavy atom. The number of oxazole rings is 1. The van der Waals surface area contributed by atoms with Gasteiger partial charge in [-0.1, -0.05) is 18.7 Å². The number of nitrogens with one attached hydrogen (secondary N) is 2. The summed E-state index contributed by atoms with van der Waals surface area (Å²) >= 11 is 0. The first-order valence-corrected chi connectivity index (χ1v) is 11.3. The van der Waals surface area contributed by atoms with Crippen LogP contribution >= 0.6 is 0 Å². The first kappa shape index (κ1) is 19.8. The highest BCUT2D eigenvalue weighted by molar-refractivity contribution is 6.01. The lowest BCUT2D eigenvalue weighted by Gasteiger charge is -2.35. The Morgan fingerprint density at radius 1 is 1.03 bits per heavy atom. The van der Waals surface area contributed by atoms with Gasteiger partial charge in [-0.25, -0.2) is 4.98 Å². The fourth-order valence-corrected chi connectivity index (χ4v) is 4.73. The number of benzene rings is 2. The highest BCUT2D eigenvalue weighted by Crippen LogP contribution is 2.35. The SMILES string of the molecule is C=C(C)N1CCN(Cc2cnc(-c3cc(-c4cccc5[nH]ccc45)cc4[nH]ncc34)o2)CC1. The average molecular weight is 439 g/mol. The van der Waals surface area contributed by atoms with Gasteiger partial charge in [0, 0.05) is 59.9 Å². The second-order valence-corrected chi connectivity index (χ2v) is 8.73. The van der Waals surface area contributed by atoms with Crippen molar-refractivity contribution in [2.45, 2.75) is 13.5 Å². The van der Waals surface area contributed by atoms with Gasteiger partial charge in [-0.15, -0.1) is 0 Å². The lowest BCUT2D eigenvalue weighted by atomic mass is 9.98. The number of aromatic amines is 2. The molecule has 0 atom stereocenters. The second-order valence-electron chi connectivity index (χ2n) is 8.73. The largest absolute Gasteiger partial charge is 0.440 e. The van der Waals surface area contributed by atoms with E-state index in [-0.39, 0.29) is 0 Å². The van der Waals surface area contributed by atoms with E-state index in [1.165, 1.54) is 5.39 Å². The van der Waals surface area contributed by atoms with Crippen LogP contribution in [0.4, 0.5) is 0 Å². The van der Waals surface area contributed by atoms with E-state index in [1.807, 2.05) is 18.6 Å². The molecular formula is C26H26N6O. The smallest absolute Gasteiger partial charge is 0.227 e. The number of H-pyrrole nitrogens is 2. The molecule has 0 radical (unpaired) electrons. The topological polar surface area (TPSA) is 77.0 Å². The molecule has 0 amide bonds. The molecule has 1 saturated heterocycles. The molecule has 5 aromatic rings. The maximum atomic E-state index is 6.26. The maximum Gasteiger partial charge on any atom is 0.227 e. The van der Waals surface area contributed by atoms with Crippen molar-refractivity contribution in [2.24, 2.45) is 0 Å². The molecule has 166 valence electrons. The fraction of sp³-hybridized carbons (Fsp3) is 0.231. The Labute approximate surface area is 191 Å². The third-order valence-corrected chi connectivity index (χ3v) is 6.54. The standard InChI is InChI=1S/C26H26N6O/c1-17(2)32-10-8-31(9-11-32)16-19-14-28-26(33-19)22-12-18(13-25-23(22)15-29-30-25)20-4-3-5-24-21(20)6-7-27-24/h3-7,12-15,27H,1,8-11,16H2,2H3,(H,29,30). The zero-order valence-electron chi connectivity index (χ0n) is 18.6.